The van der Waals surface area contributed by atoms with Gasteiger partial charge < -0.3 is 10.1 Å². The Hall–Kier alpha value is -3.19. The van der Waals surface area contributed by atoms with Gasteiger partial charge in [-0.05, 0) is 36.6 Å². The molecule has 2 amide bonds. The number of amides is 2. The zero-order valence-corrected chi connectivity index (χ0v) is 16.7. The van der Waals surface area contributed by atoms with Crippen molar-refractivity contribution in [1.29, 1.82) is 0 Å². The third kappa shape index (κ3) is 4.75. The number of hydrogen-bond donors (Lipinski definition) is 2. The minimum absolute atomic E-state index is 0.502. The number of halogens is 1. The van der Waals surface area contributed by atoms with Gasteiger partial charge in [0, 0.05) is 21.1 Å². The van der Waals surface area contributed by atoms with Crippen LogP contribution in [-0.2, 0) is 9.59 Å². The van der Waals surface area contributed by atoms with E-state index in [1.807, 2.05) is 49.4 Å². The molecule has 0 atom stereocenters. The maximum atomic E-state index is 12.2. The van der Waals surface area contributed by atoms with Crippen LogP contribution in [0.3, 0.4) is 0 Å². The first-order chi connectivity index (χ1) is 13.6. The van der Waals surface area contributed by atoms with Crippen LogP contribution in [0.1, 0.15) is 12.5 Å². The van der Waals surface area contributed by atoms with Gasteiger partial charge in [-0.3, -0.25) is 9.59 Å². The van der Waals surface area contributed by atoms with E-state index in [0.29, 0.717) is 23.6 Å². The van der Waals surface area contributed by atoms with Gasteiger partial charge in [-0.25, -0.2) is 5.43 Å². The monoisotopic (exact) mass is 439 g/mol. The zero-order chi connectivity index (χ0) is 19.9. The van der Waals surface area contributed by atoms with Crippen molar-refractivity contribution in [2.24, 2.45) is 5.10 Å². The van der Waals surface area contributed by atoms with Crippen LogP contribution < -0.4 is 15.5 Å². The van der Waals surface area contributed by atoms with E-state index < -0.39 is 11.8 Å². The van der Waals surface area contributed by atoms with Crippen molar-refractivity contribution in [2.45, 2.75) is 6.92 Å². The van der Waals surface area contributed by atoms with E-state index in [2.05, 4.69) is 31.8 Å². The number of nitrogens with zero attached hydrogens (tertiary/aromatic N) is 1. The first-order valence-electron chi connectivity index (χ1n) is 8.63. The van der Waals surface area contributed by atoms with E-state index in [0.717, 1.165) is 15.2 Å². The van der Waals surface area contributed by atoms with E-state index in [-0.39, 0.29) is 0 Å². The second-order valence-electron chi connectivity index (χ2n) is 5.80. The van der Waals surface area contributed by atoms with Crippen LogP contribution in [-0.4, -0.2) is 24.6 Å². The van der Waals surface area contributed by atoms with Crippen molar-refractivity contribution in [2.75, 3.05) is 11.9 Å². The number of nitrogens with one attached hydrogen (secondary N) is 2. The highest BCUT2D eigenvalue weighted by Gasteiger charge is 2.14. The molecule has 0 radical (unpaired) electrons. The minimum atomic E-state index is -0.864. The molecule has 7 heteroatoms. The molecule has 3 aromatic carbocycles. The van der Waals surface area contributed by atoms with Crippen LogP contribution in [0.4, 0.5) is 5.69 Å². The Morgan fingerprint density at radius 1 is 1.07 bits per heavy atom. The molecule has 28 heavy (non-hydrogen) atoms. The number of carbonyl (C=O) groups is 2. The summed E-state index contributed by atoms with van der Waals surface area (Å²) in [6.45, 7) is 2.38. The van der Waals surface area contributed by atoms with Crippen molar-refractivity contribution < 1.29 is 14.3 Å². The predicted molar refractivity (Wildman–Crippen MR) is 114 cm³/mol. The summed E-state index contributed by atoms with van der Waals surface area (Å²) in [6.07, 6.45) is 1.43. The molecule has 0 fully saturated rings. The molecule has 0 bridgehead atoms. The summed E-state index contributed by atoms with van der Waals surface area (Å²) in [5.74, 6) is -1.03. The number of hydrazone groups is 1. The summed E-state index contributed by atoms with van der Waals surface area (Å²) >= 11 is 3.38. The number of benzene rings is 3. The minimum Gasteiger partial charge on any atom is -0.493 e. The van der Waals surface area contributed by atoms with Crippen LogP contribution in [0.2, 0.25) is 0 Å². The largest absolute Gasteiger partial charge is 0.493 e. The van der Waals surface area contributed by atoms with E-state index in [9.17, 15) is 9.59 Å². The van der Waals surface area contributed by atoms with Crippen LogP contribution in [0.25, 0.3) is 10.8 Å². The average molecular weight is 440 g/mol. The van der Waals surface area contributed by atoms with Gasteiger partial charge in [0.25, 0.3) is 0 Å². The SMILES string of the molecule is CCOc1ccc(Br)cc1/C=N/NC(=O)C(=O)Nc1cccc2ccccc12. The number of ether oxygens (including phenoxy) is 1. The number of hydrogen-bond acceptors (Lipinski definition) is 4. The van der Waals surface area contributed by atoms with Crippen LogP contribution in [0.5, 0.6) is 5.75 Å². The lowest BCUT2D eigenvalue weighted by Gasteiger charge is -2.08. The van der Waals surface area contributed by atoms with E-state index in [1.165, 1.54) is 6.21 Å². The maximum absolute atomic E-state index is 12.2. The first-order valence-corrected chi connectivity index (χ1v) is 9.42. The van der Waals surface area contributed by atoms with Crippen molar-refractivity contribution in [3.8, 4) is 5.75 Å². The number of fused-ring (bicyclic) bond motifs is 1. The second-order valence-corrected chi connectivity index (χ2v) is 6.71. The highest BCUT2D eigenvalue weighted by molar-refractivity contribution is 9.10. The fourth-order valence-electron chi connectivity index (χ4n) is 2.63. The Morgan fingerprint density at radius 2 is 1.86 bits per heavy atom. The molecule has 0 spiro atoms. The average Bonchev–Trinajstić information content (AvgIpc) is 2.70. The normalized spacial score (nSPS) is 10.8. The van der Waals surface area contributed by atoms with Crippen LogP contribution >= 0.6 is 15.9 Å². The molecule has 0 aromatic heterocycles. The highest BCUT2D eigenvalue weighted by Crippen LogP contribution is 2.23. The Bertz CT molecular complexity index is 1040. The van der Waals surface area contributed by atoms with Crippen LogP contribution in [0, 0.1) is 0 Å². The van der Waals surface area contributed by atoms with Gasteiger partial charge in [0.15, 0.2) is 0 Å². The van der Waals surface area contributed by atoms with Gasteiger partial charge >= 0.3 is 11.8 Å². The van der Waals surface area contributed by atoms with E-state index in [1.54, 1.807) is 18.2 Å². The Kier molecular flexibility index (Phi) is 6.39. The zero-order valence-electron chi connectivity index (χ0n) is 15.1. The summed E-state index contributed by atoms with van der Waals surface area (Å²) in [7, 11) is 0. The summed E-state index contributed by atoms with van der Waals surface area (Å²) in [6, 6.07) is 18.5. The van der Waals surface area contributed by atoms with Crippen LogP contribution in [0.15, 0.2) is 70.2 Å². The Balaban J connectivity index is 1.67. The Morgan fingerprint density at radius 3 is 2.68 bits per heavy atom. The lowest BCUT2D eigenvalue weighted by molar-refractivity contribution is -0.136. The van der Waals surface area contributed by atoms with E-state index >= 15 is 0 Å². The van der Waals surface area contributed by atoms with Gasteiger partial charge in [0.05, 0.1) is 12.8 Å². The molecule has 3 rings (SSSR count). The third-order valence-corrected chi connectivity index (χ3v) is 4.38. The molecule has 142 valence electrons. The number of rotatable bonds is 5. The molecular formula is C21H18BrN3O3. The second kappa shape index (κ2) is 9.14. The molecule has 2 N–H and O–H groups in total. The third-order valence-electron chi connectivity index (χ3n) is 3.89. The standard InChI is InChI=1S/C21H18BrN3O3/c1-2-28-19-11-10-16(22)12-15(19)13-23-25-21(27)20(26)24-18-9-5-7-14-6-3-4-8-17(14)18/h3-13H,2H2,1H3,(H,24,26)(H,25,27)/b23-13+. The number of anilines is 1. The lowest BCUT2D eigenvalue weighted by Crippen LogP contribution is -2.32. The van der Waals surface area contributed by atoms with Crippen molar-refractivity contribution >= 4 is 50.4 Å². The van der Waals surface area contributed by atoms with Crippen molar-refractivity contribution in [1.82, 2.24) is 5.43 Å². The molecular weight excluding hydrogens is 422 g/mol. The van der Waals surface area contributed by atoms with Gasteiger partial charge in [0.1, 0.15) is 5.75 Å². The molecule has 0 aliphatic rings. The van der Waals surface area contributed by atoms with Gasteiger partial charge in [-0.2, -0.15) is 5.10 Å². The van der Waals surface area contributed by atoms with Gasteiger partial charge in [-0.1, -0.05) is 52.3 Å². The molecule has 0 heterocycles. The molecule has 3 aromatic rings. The summed E-state index contributed by atoms with van der Waals surface area (Å²) < 4.78 is 6.36. The van der Waals surface area contributed by atoms with Gasteiger partial charge in [-0.15, -0.1) is 0 Å². The quantitative estimate of drug-likeness (QED) is 0.356. The molecule has 0 aliphatic heterocycles. The molecule has 0 unspecified atom stereocenters. The topological polar surface area (TPSA) is 79.8 Å². The van der Waals surface area contributed by atoms with E-state index in [4.69, 9.17) is 4.74 Å². The summed E-state index contributed by atoms with van der Waals surface area (Å²) in [5, 5.41) is 8.30. The fraction of sp³-hybridized carbons (Fsp3) is 0.0952. The van der Waals surface area contributed by atoms with Gasteiger partial charge in [0.2, 0.25) is 0 Å². The number of carbonyl (C=O) groups excluding carboxylic acids is 2. The smallest absolute Gasteiger partial charge is 0.329 e. The fourth-order valence-corrected chi connectivity index (χ4v) is 3.01. The molecule has 6 nitrogen and oxygen atoms in total. The molecule has 0 saturated heterocycles. The highest BCUT2D eigenvalue weighted by atomic mass is 79.9. The predicted octanol–water partition coefficient (Wildman–Crippen LogP) is 4.09. The van der Waals surface area contributed by atoms with Crippen molar-refractivity contribution in [3.63, 3.8) is 0 Å². The summed E-state index contributed by atoms with van der Waals surface area (Å²) in [4.78, 5) is 24.3. The lowest BCUT2D eigenvalue weighted by atomic mass is 10.1. The maximum Gasteiger partial charge on any atom is 0.329 e. The Labute approximate surface area is 170 Å². The molecule has 0 saturated carbocycles. The van der Waals surface area contributed by atoms with Crippen molar-refractivity contribution in [3.05, 3.63) is 70.7 Å². The summed E-state index contributed by atoms with van der Waals surface area (Å²) in [5.41, 5.74) is 3.47. The first kappa shape index (κ1) is 19.6. The molecule has 0 aliphatic carbocycles.